The van der Waals surface area contributed by atoms with E-state index in [9.17, 15) is 9.59 Å². The van der Waals surface area contributed by atoms with Crippen LogP contribution in [0, 0.1) is 13.8 Å². The standard InChI is InChI=1S/C25H28N6O2/c1-18-12-19(2)14-21(13-18)31-24-22(15-28-31)25(33)30(17-27-24)16-23(32)26-10-7-11-29(3)20-8-5-4-6-9-20/h4-6,8-9,12-15,17H,7,10-11,16H2,1-3H3,(H,26,32). The summed E-state index contributed by atoms with van der Waals surface area (Å²) in [7, 11) is 2.02. The van der Waals surface area contributed by atoms with Crippen molar-refractivity contribution < 1.29 is 4.79 Å². The molecule has 0 saturated heterocycles. The first-order chi connectivity index (χ1) is 15.9. The zero-order chi connectivity index (χ0) is 23.4. The third kappa shape index (κ3) is 5.11. The van der Waals surface area contributed by atoms with Gasteiger partial charge in [0.1, 0.15) is 18.3 Å². The van der Waals surface area contributed by atoms with Crippen molar-refractivity contribution in [3.05, 3.63) is 82.5 Å². The molecule has 1 amide bonds. The molecule has 2 aromatic heterocycles. The number of benzene rings is 2. The van der Waals surface area contributed by atoms with Crippen molar-refractivity contribution >= 4 is 22.6 Å². The number of amides is 1. The second-order valence-electron chi connectivity index (χ2n) is 8.28. The Kier molecular flexibility index (Phi) is 6.53. The van der Waals surface area contributed by atoms with E-state index in [-0.39, 0.29) is 18.0 Å². The zero-order valence-electron chi connectivity index (χ0n) is 19.2. The quantitative estimate of drug-likeness (QED) is 0.423. The average Bonchev–Trinajstić information content (AvgIpc) is 3.23. The lowest BCUT2D eigenvalue weighted by molar-refractivity contribution is -0.121. The number of aryl methyl sites for hydroxylation is 2. The van der Waals surface area contributed by atoms with Crippen LogP contribution in [-0.2, 0) is 11.3 Å². The Morgan fingerprint density at radius 3 is 2.55 bits per heavy atom. The number of aromatic nitrogens is 4. The van der Waals surface area contributed by atoms with Crippen molar-refractivity contribution in [2.45, 2.75) is 26.8 Å². The predicted molar refractivity (Wildman–Crippen MR) is 130 cm³/mol. The maximum absolute atomic E-state index is 12.9. The number of carbonyl (C=O) groups excluding carboxylic acids is 1. The van der Waals surface area contributed by atoms with Gasteiger partial charge in [0.2, 0.25) is 5.91 Å². The number of hydrogen-bond donors (Lipinski definition) is 1. The fourth-order valence-electron chi connectivity index (χ4n) is 3.89. The first-order valence-electron chi connectivity index (χ1n) is 11.0. The maximum atomic E-state index is 12.9. The molecule has 4 rings (SSSR count). The van der Waals surface area contributed by atoms with Crippen molar-refractivity contribution in [2.75, 3.05) is 25.0 Å². The Morgan fingerprint density at radius 2 is 1.82 bits per heavy atom. The molecule has 2 aromatic carbocycles. The highest BCUT2D eigenvalue weighted by Gasteiger charge is 2.13. The molecule has 0 spiro atoms. The molecule has 4 aromatic rings. The number of fused-ring (bicyclic) bond motifs is 1. The van der Waals surface area contributed by atoms with Crippen LogP contribution in [0.5, 0.6) is 0 Å². The molecule has 0 bridgehead atoms. The number of para-hydroxylation sites is 1. The summed E-state index contributed by atoms with van der Waals surface area (Å²) in [5.41, 5.74) is 4.39. The lowest BCUT2D eigenvalue weighted by Gasteiger charge is -2.19. The molecule has 0 aliphatic heterocycles. The SMILES string of the molecule is Cc1cc(C)cc(-n2ncc3c(=O)n(CC(=O)NCCCN(C)c4ccccc4)cnc32)c1. The van der Waals surface area contributed by atoms with Gasteiger partial charge in [0.05, 0.1) is 11.9 Å². The molecule has 0 saturated carbocycles. The molecule has 0 unspecified atom stereocenters. The van der Waals surface area contributed by atoms with Gasteiger partial charge >= 0.3 is 0 Å². The third-order valence-corrected chi connectivity index (χ3v) is 5.51. The van der Waals surface area contributed by atoms with E-state index in [2.05, 4.69) is 38.5 Å². The van der Waals surface area contributed by atoms with Gasteiger partial charge in [-0.25, -0.2) is 9.67 Å². The molecule has 170 valence electrons. The first kappa shape index (κ1) is 22.3. The number of anilines is 1. The summed E-state index contributed by atoms with van der Waals surface area (Å²) < 4.78 is 2.98. The Bertz CT molecular complexity index is 1310. The van der Waals surface area contributed by atoms with Crippen molar-refractivity contribution in [2.24, 2.45) is 0 Å². The van der Waals surface area contributed by atoms with Crippen LogP contribution in [0.1, 0.15) is 17.5 Å². The summed E-state index contributed by atoms with van der Waals surface area (Å²) in [5.74, 6) is -0.220. The van der Waals surface area contributed by atoms with Crippen LogP contribution in [0.2, 0.25) is 0 Å². The fourth-order valence-corrected chi connectivity index (χ4v) is 3.89. The molecule has 0 aliphatic rings. The van der Waals surface area contributed by atoms with Crippen LogP contribution < -0.4 is 15.8 Å². The summed E-state index contributed by atoms with van der Waals surface area (Å²) in [6.45, 7) is 5.30. The van der Waals surface area contributed by atoms with E-state index >= 15 is 0 Å². The Morgan fingerprint density at radius 1 is 1.09 bits per heavy atom. The molecule has 0 radical (unpaired) electrons. The van der Waals surface area contributed by atoms with Crippen molar-refractivity contribution in [3.8, 4) is 5.69 Å². The van der Waals surface area contributed by atoms with E-state index in [0.29, 0.717) is 17.6 Å². The molecule has 0 fully saturated rings. The van der Waals surface area contributed by atoms with Gasteiger partial charge in [-0.15, -0.1) is 0 Å². The molecular weight excluding hydrogens is 416 g/mol. The Hall–Kier alpha value is -3.94. The van der Waals surface area contributed by atoms with E-state index < -0.39 is 0 Å². The van der Waals surface area contributed by atoms with Crippen LogP contribution in [0.25, 0.3) is 16.7 Å². The van der Waals surface area contributed by atoms with Crippen molar-refractivity contribution in [3.63, 3.8) is 0 Å². The van der Waals surface area contributed by atoms with Crippen molar-refractivity contribution in [1.29, 1.82) is 0 Å². The lowest BCUT2D eigenvalue weighted by atomic mass is 10.1. The van der Waals surface area contributed by atoms with Gasteiger partial charge in [0, 0.05) is 25.8 Å². The molecule has 2 heterocycles. The van der Waals surface area contributed by atoms with Gasteiger partial charge in [-0.1, -0.05) is 24.3 Å². The minimum atomic E-state index is -0.283. The number of nitrogens with zero attached hydrogens (tertiary/aromatic N) is 5. The average molecular weight is 445 g/mol. The van der Waals surface area contributed by atoms with Crippen LogP contribution >= 0.6 is 0 Å². The zero-order valence-corrected chi connectivity index (χ0v) is 19.2. The van der Waals surface area contributed by atoms with Gasteiger partial charge < -0.3 is 10.2 Å². The minimum Gasteiger partial charge on any atom is -0.375 e. The number of rotatable bonds is 8. The van der Waals surface area contributed by atoms with Gasteiger partial charge in [-0.3, -0.25) is 14.2 Å². The smallest absolute Gasteiger partial charge is 0.264 e. The third-order valence-electron chi connectivity index (χ3n) is 5.51. The topological polar surface area (TPSA) is 85.0 Å². The number of carbonyl (C=O) groups is 1. The lowest BCUT2D eigenvalue weighted by Crippen LogP contribution is -2.34. The highest BCUT2D eigenvalue weighted by molar-refractivity contribution is 5.77. The van der Waals surface area contributed by atoms with E-state index in [4.69, 9.17) is 0 Å². The summed E-state index contributed by atoms with van der Waals surface area (Å²) in [6.07, 6.45) is 3.72. The van der Waals surface area contributed by atoms with E-state index in [1.807, 2.05) is 51.2 Å². The van der Waals surface area contributed by atoms with Gasteiger partial charge in [0.25, 0.3) is 5.56 Å². The largest absolute Gasteiger partial charge is 0.375 e. The Labute approximate surface area is 192 Å². The highest BCUT2D eigenvalue weighted by atomic mass is 16.2. The number of hydrogen-bond acceptors (Lipinski definition) is 5. The maximum Gasteiger partial charge on any atom is 0.264 e. The molecule has 8 nitrogen and oxygen atoms in total. The fraction of sp³-hybridized carbons (Fsp3) is 0.280. The molecule has 33 heavy (non-hydrogen) atoms. The Balaban J connectivity index is 1.38. The van der Waals surface area contributed by atoms with Crippen LogP contribution in [0.15, 0.2) is 65.8 Å². The van der Waals surface area contributed by atoms with Crippen LogP contribution in [0.4, 0.5) is 5.69 Å². The molecule has 1 N–H and O–H groups in total. The molecular formula is C25H28N6O2. The monoisotopic (exact) mass is 444 g/mol. The predicted octanol–water partition coefficient (Wildman–Crippen LogP) is 2.84. The highest BCUT2D eigenvalue weighted by Crippen LogP contribution is 2.17. The normalized spacial score (nSPS) is 11.0. The van der Waals surface area contributed by atoms with Crippen molar-refractivity contribution in [1.82, 2.24) is 24.6 Å². The van der Waals surface area contributed by atoms with E-state index in [1.54, 1.807) is 4.68 Å². The van der Waals surface area contributed by atoms with E-state index in [1.165, 1.54) is 17.1 Å². The molecule has 0 aliphatic carbocycles. The minimum absolute atomic E-state index is 0.0783. The summed E-state index contributed by atoms with van der Waals surface area (Å²) in [6, 6.07) is 16.2. The van der Waals surface area contributed by atoms with Gasteiger partial charge in [-0.05, 0) is 55.7 Å². The summed E-state index contributed by atoms with van der Waals surface area (Å²) in [5, 5.41) is 7.63. The second-order valence-corrected chi connectivity index (χ2v) is 8.28. The summed E-state index contributed by atoms with van der Waals surface area (Å²) >= 11 is 0. The second kappa shape index (κ2) is 9.68. The van der Waals surface area contributed by atoms with Crippen LogP contribution in [0.3, 0.4) is 0 Å². The van der Waals surface area contributed by atoms with Gasteiger partial charge in [0.15, 0.2) is 5.65 Å². The summed E-state index contributed by atoms with van der Waals surface area (Å²) in [4.78, 5) is 31.8. The molecule has 8 heteroatoms. The van der Waals surface area contributed by atoms with Gasteiger partial charge in [-0.2, -0.15) is 5.10 Å². The van der Waals surface area contributed by atoms with E-state index in [0.717, 1.165) is 35.5 Å². The number of nitrogens with one attached hydrogen (secondary N) is 1. The first-order valence-corrected chi connectivity index (χ1v) is 11.0. The molecule has 0 atom stereocenters. The van der Waals surface area contributed by atoms with Crippen LogP contribution in [-0.4, -0.2) is 45.4 Å².